The lowest BCUT2D eigenvalue weighted by Gasteiger charge is -2.12. The van der Waals surface area contributed by atoms with Crippen LogP contribution in [0.5, 0.6) is 0 Å². The maximum Gasteiger partial charge on any atom is 0.263 e. The van der Waals surface area contributed by atoms with Crippen molar-refractivity contribution in [1.29, 1.82) is 0 Å². The van der Waals surface area contributed by atoms with Crippen LogP contribution in [0, 0.1) is 5.82 Å². The molecule has 112 valence electrons. The molecular weight excluding hydrogens is 383 g/mol. The summed E-state index contributed by atoms with van der Waals surface area (Å²) < 4.78 is 40.8. The number of anilines is 1. The summed E-state index contributed by atoms with van der Waals surface area (Å²) in [5, 5.41) is -0.0201. The predicted molar refractivity (Wildman–Crippen MR) is 84.3 cm³/mol. The number of hydrogen-bond acceptors (Lipinski definition) is 3. The molecule has 0 unspecified atom stereocenters. The molecule has 0 amide bonds. The van der Waals surface area contributed by atoms with Gasteiger partial charge in [-0.3, -0.25) is 4.72 Å². The van der Waals surface area contributed by atoms with Gasteiger partial charge in [0.25, 0.3) is 10.0 Å². The summed E-state index contributed by atoms with van der Waals surface area (Å²) in [6.07, 6.45) is 0. The number of nitrogens with one attached hydrogen (secondary N) is 1. The third-order valence-electron chi connectivity index (χ3n) is 2.72. The van der Waals surface area contributed by atoms with Crippen LogP contribution in [-0.2, 0) is 16.6 Å². The molecule has 0 aromatic heterocycles. The average Bonchev–Trinajstić information content (AvgIpc) is 2.42. The molecule has 0 saturated heterocycles. The van der Waals surface area contributed by atoms with E-state index in [9.17, 15) is 12.8 Å². The monoisotopic (exact) mass is 392 g/mol. The number of benzene rings is 2. The van der Waals surface area contributed by atoms with E-state index < -0.39 is 15.8 Å². The van der Waals surface area contributed by atoms with Crippen LogP contribution in [0.4, 0.5) is 10.1 Å². The van der Waals surface area contributed by atoms with Crippen LogP contribution in [0.15, 0.2) is 45.8 Å². The topological polar surface area (TPSA) is 72.2 Å². The normalized spacial score (nSPS) is 11.4. The minimum Gasteiger partial charge on any atom is -0.326 e. The second-order valence-corrected chi connectivity index (χ2v) is 7.08. The minimum atomic E-state index is -3.98. The van der Waals surface area contributed by atoms with Crippen molar-refractivity contribution in [3.05, 3.63) is 57.3 Å². The van der Waals surface area contributed by atoms with E-state index in [-0.39, 0.29) is 22.2 Å². The second-order valence-electron chi connectivity index (χ2n) is 4.17. The highest BCUT2D eigenvalue weighted by molar-refractivity contribution is 9.10. The summed E-state index contributed by atoms with van der Waals surface area (Å²) in [6.45, 7) is 0.283. The molecule has 3 N–H and O–H groups in total. The highest BCUT2D eigenvalue weighted by atomic mass is 79.9. The van der Waals surface area contributed by atoms with Gasteiger partial charge in [0.15, 0.2) is 0 Å². The SMILES string of the molecule is NCc1ccc(S(=O)(=O)Nc2c(F)cccc2Cl)c(Br)c1. The quantitative estimate of drug-likeness (QED) is 0.835. The molecule has 8 heteroatoms. The Morgan fingerprint density at radius 2 is 2.00 bits per heavy atom. The zero-order valence-corrected chi connectivity index (χ0v) is 13.8. The van der Waals surface area contributed by atoms with Crippen LogP contribution in [0.25, 0.3) is 0 Å². The molecule has 0 fully saturated rings. The van der Waals surface area contributed by atoms with Crippen LogP contribution in [-0.4, -0.2) is 8.42 Å². The fraction of sp³-hybridized carbons (Fsp3) is 0.0769. The summed E-state index contributed by atoms with van der Waals surface area (Å²) in [5.74, 6) is -0.749. The Kier molecular flexibility index (Phi) is 4.88. The molecule has 0 saturated carbocycles. The first-order valence-corrected chi connectivity index (χ1v) is 8.46. The van der Waals surface area contributed by atoms with Gasteiger partial charge in [-0.15, -0.1) is 0 Å². The first kappa shape index (κ1) is 16.2. The molecule has 4 nitrogen and oxygen atoms in total. The lowest BCUT2D eigenvalue weighted by atomic mass is 10.2. The molecule has 0 aliphatic rings. The van der Waals surface area contributed by atoms with Gasteiger partial charge in [0, 0.05) is 11.0 Å². The van der Waals surface area contributed by atoms with Crippen molar-refractivity contribution in [2.75, 3.05) is 4.72 Å². The Balaban J connectivity index is 2.44. The lowest BCUT2D eigenvalue weighted by Crippen LogP contribution is -2.15. The molecule has 2 rings (SSSR count). The number of para-hydroxylation sites is 1. The molecule has 0 atom stereocenters. The molecule has 0 spiro atoms. The number of rotatable bonds is 4. The van der Waals surface area contributed by atoms with E-state index in [1.807, 2.05) is 0 Å². The average molecular weight is 394 g/mol. The first-order chi connectivity index (χ1) is 9.85. The smallest absolute Gasteiger partial charge is 0.263 e. The van der Waals surface area contributed by atoms with Crippen LogP contribution < -0.4 is 10.5 Å². The van der Waals surface area contributed by atoms with Gasteiger partial charge in [0.2, 0.25) is 0 Å². The highest BCUT2D eigenvalue weighted by Gasteiger charge is 2.21. The Hall–Kier alpha value is -1.15. The zero-order valence-electron chi connectivity index (χ0n) is 10.6. The zero-order chi connectivity index (χ0) is 15.6. The molecule has 21 heavy (non-hydrogen) atoms. The molecule has 0 aliphatic heterocycles. The van der Waals surface area contributed by atoms with Crippen molar-refractivity contribution < 1.29 is 12.8 Å². The van der Waals surface area contributed by atoms with Gasteiger partial charge in [0.1, 0.15) is 16.4 Å². The molecule has 0 radical (unpaired) electrons. The Morgan fingerprint density at radius 1 is 1.29 bits per heavy atom. The van der Waals surface area contributed by atoms with E-state index in [0.717, 1.165) is 11.6 Å². The van der Waals surface area contributed by atoms with E-state index >= 15 is 0 Å². The fourth-order valence-corrected chi connectivity index (χ4v) is 4.15. The molecular formula is C13H11BrClFN2O2S. The van der Waals surface area contributed by atoms with E-state index in [1.165, 1.54) is 18.2 Å². The second kappa shape index (κ2) is 6.31. The molecule has 0 bridgehead atoms. The summed E-state index contributed by atoms with van der Waals surface area (Å²) in [5.41, 5.74) is 5.97. The predicted octanol–water partition coefficient (Wildman–Crippen LogP) is 3.50. The number of sulfonamides is 1. The summed E-state index contributed by atoms with van der Waals surface area (Å²) in [6, 6.07) is 8.48. The largest absolute Gasteiger partial charge is 0.326 e. The van der Waals surface area contributed by atoms with Crippen molar-refractivity contribution in [2.24, 2.45) is 5.73 Å². The van der Waals surface area contributed by atoms with Gasteiger partial charge in [-0.25, -0.2) is 12.8 Å². The van der Waals surface area contributed by atoms with Crippen molar-refractivity contribution in [2.45, 2.75) is 11.4 Å². The number of nitrogens with two attached hydrogens (primary N) is 1. The standard InChI is InChI=1S/C13H11BrClFN2O2S/c14-9-6-8(7-17)4-5-12(9)21(19,20)18-13-10(15)2-1-3-11(13)16/h1-6,18H,7,17H2. The van der Waals surface area contributed by atoms with Crippen LogP contribution >= 0.6 is 27.5 Å². The van der Waals surface area contributed by atoms with Crippen LogP contribution in [0.3, 0.4) is 0 Å². The third kappa shape index (κ3) is 3.55. The maximum absolute atomic E-state index is 13.7. The van der Waals surface area contributed by atoms with Crippen molar-refractivity contribution in [1.82, 2.24) is 0 Å². The summed E-state index contributed by atoms with van der Waals surface area (Å²) >= 11 is 8.99. The van der Waals surface area contributed by atoms with Gasteiger partial charge >= 0.3 is 0 Å². The lowest BCUT2D eigenvalue weighted by molar-refractivity contribution is 0.598. The van der Waals surface area contributed by atoms with Gasteiger partial charge in [0.05, 0.1) is 5.02 Å². The van der Waals surface area contributed by atoms with Gasteiger partial charge < -0.3 is 5.73 Å². The summed E-state index contributed by atoms with van der Waals surface area (Å²) in [7, 11) is -3.98. The van der Waals surface area contributed by atoms with Crippen molar-refractivity contribution in [3.8, 4) is 0 Å². The van der Waals surface area contributed by atoms with E-state index in [0.29, 0.717) is 4.47 Å². The van der Waals surface area contributed by atoms with E-state index in [1.54, 1.807) is 12.1 Å². The summed E-state index contributed by atoms with van der Waals surface area (Å²) in [4.78, 5) is -0.0287. The molecule has 2 aromatic carbocycles. The van der Waals surface area contributed by atoms with E-state index in [2.05, 4.69) is 20.7 Å². The minimum absolute atomic E-state index is 0.0201. The first-order valence-electron chi connectivity index (χ1n) is 5.80. The molecule has 0 heterocycles. The van der Waals surface area contributed by atoms with E-state index in [4.69, 9.17) is 17.3 Å². The van der Waals surface area contributed by atoms with Crippen molar-refractivity contribution >= 4 is 43.2 Å². The number of hydrogen-bond donors (Lipinski definition) is 2. The third-order valence-corrected chi connectivity index (χ3v) is 5.36. The fourth-order valence-electron chi connectivity index (χ4n) is 1.67. The Morgan fingerprint density at radius 3 is 2.57 bits per heavy atom. The van der Waals surface area contributed by atoms with Crippen LogP contribution in [0.2, 0.25) is 5.02 Å². The maximum atomic E-state index is 13.7. The Labute approximate surface area is 135 Å². The Bertz CT molecular complexity index is 763. The van der Waals surface area contributed by atoms with Crippen LogP contribution in [0.1, 0.15) is 5.56 Å². The number of halogens is 3. The van der Waals surface area contributed by atoms with Gasteiger partial charge in [-0.2, -0.15) is 0 Å². The van der Waals surface area contributed by atoms with Crippen molar-refractivity contribution in [3.63, 3.8) is 0 Å². The van der Waals surface area contributed by atoms with Gasteiger partial charge in [-0.05, 0) is 45.8 Å². The molecule has 0 aliphatic carbocycles. The molecule has 2 aromatic rings. The highest BCUT2D eigenvalue weighted by Crippen LogP contribution is 2.30. The van der Waals surface area contributed by atoms with Gasteiger partial charge in [-0.1, -0.05) is 23.7 Å².